The molecule has 2 aromatic rings. The van der Waals surface area contributed by atoms with Gasteiger partial charge in [-0.25, -0.2) is 9.98 Å². The van der Waals surface area contributed by atoms with Crippen LogP contribution in [0, 0.1) is 0 Å². The number of thiazole rings is 1. The maximum atomic E-state index is 12.6. The van der Waals surface area contributed by atoms with Gasteiger partial charge in [-0.3, -0.25) is 0 Å². The third-order valence-corrected chi connectivity index (χ3v) is 4.74. The van der Waals surface area contributed by atoms with Crippen molar-refractivity contribution in [3.05, 3.63) is 45.9 Å². The van der Waals surface area contributed by atoms with Gasteiger partial charge in [0.1, 0.15) is 10.8 Å². The van der Waals surface area contributed by atoms with Gasteiger partial charge < -0.3 is 15.4 Å². The van der Waals surface area contributed by atoms with Crippen molar-refractivity contribution < 1.29 is 17.9 Å². The number of guanidine groups is 1. The smallest absolute Gasteiger partial charge is 0.434 e. The normalized spacial score (nSPS) is 12.1. The van der Waals surface area contributed by atoms with Crippen LogP contribution < -0.4 is 15.4 Å². The minimum absolute atomic E-state index is 0.113. The number of aromatic nitrogens is 1. The Morgan fingerprint density at radius 3 is 2.54 bits per heavy atom. The first-order chi connectivity index (χ1) is 13.4. The fourth-order valence-electron chi connectivity index (χ4n) is 2.46. The summed E-state index contributed by atoms with van der Waals surface area (Å²) in [5, 5.41) is 7.65. The van der Waals surface area contributed by atoms with E-state index in [9.17, 15) is 13.2 Å². The van der Waals surface area contributed by atoms with Gasteiger partial charge in [0.2, 0.25) is 0 Å². The predicted octanol–water partition coefficient (Wildman–Crippen LogP) is 4.25. The number of ether oxygens (including phenoxy) is 1. The molecule has 28 heavy (non-hydrogen) atoms. The van der Waals surface area contributed by atoms with Crippen molar-refractivity contribution in [2.75, 3.05) is 20.2 Å². The van der Waals surface area contributed by atoms with E-state index in [1.54, 1.807) is 7.11 Å². The largest absolute Gasteiger partial charge is 0.497 e. The number of nitrogens with one attached hydrogen (secondary N) is 2. The summed E-state index contributed by atoms with van der Waals surface area (Å²) in [6.07, 6.45) is -1.48. The highest BCUT2D eigenvalue weighted by Gasteiger charge is 2.33. The van der Waals surface area contributed by atoms with E-state index in [0.717, 1.165) is 48.3 Å². The van der Waals surface area contributed by atoms with Crippen LogP contribution in [-0.2, 0) is 19.1 Å². The van der Waals surface area contributed by atoms with Gasteiger partial charge in [-0.05, 0) is 43.9 Å². The summed E-state index contributed by atoms with van der Waals surface area (Å²) >= 11 is 0.966. The van der Waals surface area contributed by atoms with Crippen LogP contribution in [0.15, 0.2) is 34.6 Å². The second-order valence-electron chi connectivity index (χ2n) is 6.05. The van der Waals surface area contributed by atoms with Crippen LogP contribution in [0.4, 0.5) is 13.2 Å². The van der Waals surface area contributed by atoms with Crippen molar-refractivity contribution in [3.63, 3.8) is 0 Å². The molecule has 154 valence electrons. The molecular formula is C19H25F3N4OS. The van der Waals surface area contributed by atoms with Crippen LogP contribution in [0.2, 0.25) is 0 Å². The maximum absolute atomic E-state index is 12.6. The Labute approximate surface area is 167 Å². The number of benzene rings is 1. The van der Waals surface area contributed by atoms with Crippen LogP contribution >= 0.6 is 11.3 Å². The molecule has 9 heteroatoms. The van der Waals surface area contributed by atoms with Gasteiger partial charge in [0, 0.05) is 18.5 Å². The van der Waals surface area contributed by atoms with Crippen LogP contribution in [0.5, 0.6) is 5.75 Å². The minimum atomic E-state index is -4.41. The zero-order chi connectivity index (χ0) is 20.4. The first-order valence-corrected chi connectivity index (χ1v) is 9.97. The first kappa shape index (κ1) is 22.0. The summed E-state index contributed by atoms with van der Waals surface area (Å²) < 4.78 is 42.9. The summed E-state index contributed by atoms with van der Waals surface area (Å²) in [6, 6.07) is 8.01. The molecule has 1 aromatic carbocycles. The van der Waals surface area contributed by atoms with Crippen molar-refractivity contribution in [3.8, 4) is 5.75 Å². The molecule has 0 spiro atoms. The Bertz CT molecular complexity index is 744. The molecular weight excluding hydrogens is 389 g/mol. The molecule has 0 aliphatic heterocycles. The number of aryl methyl sites for hydroxylation is 1. The van der Waals surface area contributed by atoms with E-state index in [1.807, 2.05) is 19.1 Å². The topological polar surface area (TPSA) is 58.5 Å². The van der Waals surface area contributed by atoms with Crippen LogP contribution in [-0.4, -0.2) is 31.1 Å². The molecule has 0 bridgehead atoms. The number of hydrogen-bond donors (Lipinski definition) is 2. The van der Waals surface area contributed by atoms with E-state index < -0.39 is 11.9 Å². The lowest BCUT2D eigenvalue weighted by Crippen LogP contribution is -2.37. The van der Waals surface area contributed by atoms with Crippen LogP contribution in [0.1, 0.15) is 36.0 Å². The number of nitrogens with zero attached hydrogens (tertiary/aromatic N) is 2. The predicted molar refractivity (Wildman–Crippen MR) is 106 cm³/mol. The standard InChI is InChI=1S/C19H25F3N4OS/c1-3-23-18(25-12-17-26-16(13-28-17)19(20,21)22)24-11-5-4-6-14-7-9-15(27-2)10-8-14/h7-10,13H,3-6,11-12H2,1-2H3,(H2,23,24,25). The monoisotopic (exact) mass is 414 g/mol. The van der Waals surface area contributed by atoms with E-state index in [0.29, 0.717) is 17.5 Å². The lowest BCUT2D eigenvalue weighted by molar-refractivity contribution is -0.140. The molecule has 0 amide bonds. The van der Waals surface area contributed by atoms with Crippen molar-refractivity contribution in [1.29, 1.82) is 0 Å². The van der Waals surface area contributed by atoms with Gasteiger partial charge >= 0.3 is 6.18 Å². The molecule has 2 rings (SSSR count). The molecule has 0 saturated heterocycles. The SMILES string of the molecule is CCNC(=NCc1nc(C(F)(F)F)cs1)NCCCCc1ccc(OC)cc1. The molecule has 0 saturated carbocycles. The Kier molecular flexibility index (Phi) is 8.56. The van der Waals surface area contributed by atoms with Gasteiger partial charge in [-0.2, -0.15) is 13.2 Å². The lowest BCUT2D eigenvalue weighted by Gasteiger charge is -2.11. The molecule has 5 nitrogen and oxygen atoms in total. The van der Waals surface area contributed by atoms with Gasteiger partial charge in [-0.1, -0.05) is 12.1 Å². The highest BCUT2D eigenvalue weighted by molar-refractivity contribution is 7.09. The van der Waals surface area contributed by atoms with Gasteiger partial charge in [0.25, 0.3) is 0 Å². The second kappa shape index (κ2) is 10.9. The number of halogens is 3. The van der Waals surface area contributed by atoms with Gasteiger partial charge in [0.15, 0.2) is 11.7 Å². The summed E-state index contributed by atoms with van der Waals surface area (Å²) in [7, 11) is 1.65. The fourth-order valence-corrected chi connectivity index (χ4v) is 3.18. The highest BCUT2D eigenvalue weighted by atomic mass is 32.1. The Morgan fingerprint density at radius 2 is 1.93 bits per heavy atom. The molecule has 1 heterocycles. The molecule has 0 atom stereocenters. The Morgan fingerprint density at radius 1 is 1.18 bits per heavy atom. The number of rotatable bonds is 9. The number of unbranched alkanes of at least 4 members (excludes halogenated alkanes) is 1. The third-order valence-electron chi connectivity index (χ3n) is 3.90. The van der Waals surface area contributed by atoms with E-state index in [4.69, 9.17) is 4.74 Å². The van der Waals surface area contributed by atoms with Gasteiger partial charge in [0.05, 0.1) is 13.7 Å². The Hall–Kier alpha value is -2.29. The zero-order valence-electron chi connectivity index (χ0n) is 16.0. The van der Waals surface area contributed by atoms with E-state index in [-0.39, 0.29) is 6.54 Å². The molecule has 0 aliphatic carbocycles. The average molecular weight is 414 g/mol. The number of alkyl halides is 3. The third kappa shape index (κ3) is 7.38. The summed E-state index contributed by atoms with van der Waals surface area (Å²) in [6.45, 7) is 3.45. The number of aliphatic imine (C=N–C) groups is 1. The summed E-state index contributed by atoms with van der Waals surface area (Å²) in [5.74, 6) is 1.43. The van der Waals surface area contributed by atoms with Crippen LogP contribution in [0.25, 0.3) is 0 Å². The molecule has 0 aliphatic rings. The van der Waals surface area contributed by atoms with Crippen LogP contribution in [0.3, 0.4) is 0 Å². The molecule has 1 aromatic heterocycles. The Balaban J connectivity index is 1.75. The first-order valence-electron chi connectivity index (χ1n) is 9.09. The van der Waals surface area contributed by atoms with Crippen molar-refractivity contribution in [2.24, 2.45) is 4.99 Å². The fraction of sp³-hybridized carbons (Fsp3) is 0.474. The summed E-state index contributed by atoms with van der Waals surface area (Å²) in [4.78, 5) is 7.91. The van der Waals surface area contributed by atoms with Crippen molar-refractivity contribution >= 4 is 17.3 Å². The van der Waals surface area contributed by atoms with E-state index in [1.165, 1.54) is 5.56 Å². The zero-order valence-corrected chi connectivity index (χ0v) is 16.8. The number of methoxy groups -OCH3 is 1. The second-order valence-corrected chi connectivity index (χ2v) is 6.99. The number of hydrogen-bond acceptors (Lipinski definition) is 4. The van der Waals surface area contributed by atoms with Gasteiger partial charge in [-0.15, -0.1) is 11.3 Å². The maximum Gasteiger partial charge on any atom is 0.434 e. The average Bonchev–Trinajstić information content (AvgIpc) is 3.16. The lowest BCUT2D eigenvalue weighted by atomic mass is 10.1. The minimum Gasteiger partial charge on any atom is -0.497 e. The molecule has 0 fully saturated rings. The molecule has 0 radical (unpaired) electrons. The molecule has 2 N–H and O–H groups in total. The molecule has 0 unspecified atom stereocenters. The quantitative estimate of drug-likeness (QED) is 0.366. The van der Waals surface area contributed by atoms with E-state index in [2.05, 4.69) is 32.7 Å². The van der Waals surface area contributed by atoms with E-state index >= 15 is 0 Å². The van der Waals surface area contributed by atoms with Crippen molar-refractivity contribution in [1.82, 2.24) is 15.6 Å². The summed E-state index contributed by atoms with van der Waals surface area (Å²) in [5.41, 5.74) is 0.393. The highest BCUT2D eigenvalue weighted by Crippen LogP contribution is 2.30. The van der Waals surface area contributed by atoms with Crippen molar-refractivity contribution in [2.45, 2.75) is 38.9 Å².